The zero-order valence-corrected chi connectivity index (χ0v) is 21.6. The van der Waals surface area contributed by atoms with Crippen LogP contribution in [0.4, 0.5) is 9.59 Å². The van der Waals surface area contributed by atoms with Gasteiger partial charge in [0.05, 0.1) is 5.75 Å². The van der Waals surface area contributed by atoms with E-state index >= 15 is 0 Å². The molecule has 0 radical (unpaired) electrons. The maximum absolute atomic E-state index is 13.2. The van der Waals surface area contributed by atoms with E-state index in [-0.39, 0.29) is 42.4 Å². The number of hydrogen-bond donors (Lipinski definition) is 1. The van der Waals surface area contributed by atoms with Crippen LogP contribution in [0, 0.1) is 11.8 Å². The molecule has 3 fully saturated rings. The van der Waals surface area contributed by atoms with Crippen molar-refractivity contribution in [2.75, 3.05) is 25.4 Å². The van der Waals surface area contributed by atoms with Crippen LogP contribution in [0.25, 0.3) is 0 Å². The maximum atomic E-state index is 13.2. The number of alkyl carbamates (subject to hydrolysis) is 1. The fourth-order valence-electron chi connectivity index (χ4n) is 5.38. The summed E-state index contributed by atoms with van der Waals surface area (Å²) in [5.41, 5.74) is 0.371. The lowest BCUT2D eigenvalue weighted by Gasteiger charge is -2.34. The second kappa shape index (κ2) is 10.3. The summed E-state index contributed by atoms with van der Waals surface area (Å²) < 4.78 is 38.8. The van der Waals surface area contributed by atoms with Gasteiger partial charge in [0, 0.05) is 31.7 Å². The Hall–Kier alpha value is -2.33. The van der Waals surface area contributed by atoms with Crippen LogP contribution in [0.15, 0.2) is 30.3 Å². The van der Waals surface area contributed by atoms with Crippen LogP contribution in [0.3, 0.4) is 0 Å². The number of sulfonamides is 1. The monoisotopic (exact) mass is 507 g/mol. The molecule has 1 N–H and O–H groups in total. The van der Waals surface area contributed by atoms with Crippen molar-refractivity contribution in [1.29, 1.82) is 0 Å². The van der Waals surface area contributed by atoms with Crippen molar-refractivity contribution in [3.05, 3.63) is 35.9 Å². The number of hydrogen-bond acceptors (Lipinski definition) is 6. The first-order chi connectivity index (χ1) is 16.5. The molecule has 1 aliphatic carbocycles. The number of ether oxygens (including phenoxy) is 2. The third kappa shape index (κ3) is 6.67. The van der Waals surface area contributed by atoms with Gasteiger partial charge < -0.3 is 19.7 Å². The minimum Gasteiger partial charge on any atom is -0.445 e. The molecule has 2 bridgehead atoms. The molecule has 9 nitrogen and oxygen atoms in total. The Bertz CT molecular complexity index is 1000. The van der Waals surface area contributed by atoms with E-state index in [4.69, 9.17) is 9.47 Å². The molecule has 3 aliphatic rings. The van der Waals surface area contributed by atoms with E-state index < -0.39 is 21.7 Å². The number of piperidine rings is 2. The number of fused-ring (bicyclic) bond motifs is 2. The lowest BCUT2D eigenvalue weighted by atomic mass is 9.99. The van der Waals surface area contributed by atoms with Crippen molar-refractivity contribution < 1.29 is 27.5 Å². The SMILES string of the molecule is CC(C)(C)OC(=O)N[C@H]1C[C@H]2C[C@@H]1CN2S(=O)(=O)CC1CCN(C(=O)OCc2ccccc2)CC1. The standard InChI is InChI=1S/C25H37N3O6S/c1-25(2,3)34-23(29)26-22-14-21-13-20(22)15-28(21)35(31,32)17-19-9-11-27(12-10-19)24(30)33-16-18-7-5-4-6-8-18/h4-8,19-22H,9-17H2,1-3H3,(H,26,29)/t20-,21-,22+/m1/s1. The molecule has 0 aromatic heterocycles. The second-order valence-corrected chi connectivity index (χ2v) is 12.9. The van der Waals surface area contributed by atoms with Gasteiger partial charge in [-0.2, -0.15) is 4.31 Å². The predicted octanol–water partition coefficient (Wildman–Crippen LogP) is 3.35. The summed E-state index contributed by atoms with van der Waals surface area (Å²) in [6.07, 6.45) is 1.88. The molecule has 10 heteroatoms. The molecule has 3 atom stereocenters. The largest absolute Gasteiger partial charge is 0.445 e. The van der Waals surface area contributed by atoms with Gasteiger partial charge in [-0.05, 0) is 63.9 Å². The lowest BCUT2D eigenvalue weighted by Crippen LogP contribution is -2.50. The number of carbonyl (C=O) groups is 2. The smallest absolute Gasteiger partial charge is 0.410 e. The van der Waals surface area contributed by atoms with Gasteiger partial charge in [0.1, 0.15) is 12.2 Å². The van der Waals surface area contributed by atoms with Gasteiger partial charge in [-0.25, -0.2) is 18.0 Å². The number of nitrogens with zero attached hydrogens (tertiary/aromatic N) is 2. The van der Waals surface area contributed by atoms with Gasteiger partial charge in [-0.3, -0.25) is 0 Å². The number of rotatable bonds is 6. The second-order valence-electron chi connectivity index (χ2n) is 11.0. The minimum absolute atomic E-state index is 0.0213. The van der Waals surface area contributed by atoms with E-state index in [1.54, 1.807) is 9.21 Å². The summed E-state index contributed by atoms with van der Waals surface area (Å²) in [6, 6.07) is 9.41. The van der Waals surface area contributed by atoms with Crippen molar-refractivity contribution in [3.8, 4) is 0 Å². The molecule has 2 heterocycles. The average molecular weight is 508 g/mol. The van der Waals surface area contributed by atoms with Crippen LogP contribution in [-0.4, -0.2) is 72.9 Å². The number of benzene rings is 1. The Morgan fingerprint density at radius 2 is 1.77 bits per heavy atom. The Morgan fingerprint density at radius 1 is 1.09 bits per heavy atom. The molecule has 1 aromatic rings. The topological polar surface area (TPSA) is 105 Å². The zero-order chi connectivity index (χ0) is 25.2. The molecule has 2 aliphatic heterocycles. The number of likely N-dealkylation sites (tertiary alicyclic amines) is 1. The normalized spacial score (nSPS) is 25.5. The molecule has 1 aromatic carbocycles. The summed E-state index contributed by atoms with van der Waals surface area (Å²) in [4.78, 5) is 26.2. The highest BCUT2D eigenvalue weighted by Gasteiger charge is 2.50. The Labute approximate surface area is 208 Å². The van der Waals surface area contributed by atoms with Gasteiger partial charge in [0.2, 0.25) is 10.0 Å². The lowest BCUT2D eigenvalue weighted by molar-refractivity contribution is 0.0484. The molecule has 1 saturated carbocycles. The van der Waals surface area contributed by atoms with Crippen LogP contribution in [0.2, 0.25) is 0 Å². The van der Waals surface area contributed by atoms with E-state index in [9.17, 15) is 18.0 Å². The van der Waals surface area contributed by atoms with E-state index in [0.717, 1.165) is 12.0 Å². The van der Waals surface area contributed by atoms with Crippen molar-refractivity contribution in [3.63, 3.8) is 0 Å². The van der Waals surface area contributed by atoms with E-state index in [2.05, 4.69) is 5.32 Å². The van der Waals surface area contributed by atoms with Gasteiger partial charge in [-0.1, -0.05) is 30.3 Å². The van der Waals surface area contributed by atoms with Gasteiger partial charge in [0.25, 0.3) is 0 Å². The van der Waals surface area contributed by atoms with Crippen LogP contribution in [0.1, 0.15) is 52.0 Å². The number of carbonyl (C=O) groups excluding carboxylic acids is 2. The van der Waals surface area contributed by atoms with Gasteiger partial charge >= 0.3 is 12.2 Å². The van der Waals surface area contributed by atoms with Gasteiger partial charge in [-0.15, -0.1) is 0 Å². The van der Waals surface area contributed by atoms with Crippen molar-refractivity contribution in [1.82, 2.24) is 14.5 Å². The van der Waals surface area contributed by atoms with Crippen LogP contribution >= 0.6 is 0 Å². The quantitative estimate of drug-likeness (QED) is 0.633. The van der Waals surface area contributed by atoms with Crippen molar-refractivity contribution in [2.24, 2.45) is 11.8 Å². The highest BCUT2D eigenvalue weighted by molar-refractivity contribution is 7.89. The van der Waals surface area contributed by atoms with Crippen molar-refractivity contribution >= 4 is 22.2 Å². The molecule has 2 saturated heterocycles. The fraction of sp³-hybridized carbons (Fsp3) is 0.680. The molecule has 2 amide bonds. The summed E-state index contributed by atoms with van der Waals surface area (Å²) in [5.74, 6) is 0.240. The molecular weight excluding hydrogens is 470 g/mol. The third-order valence-corrected chi connectivity index (χ3v) is 9.13. The summed E-state index contributed by atoms with van der Waals surface area (Å²) >= 11 is 0. The summed E-state index contributed by atoms with van der Waals surface area (Å²) in [7, 11) is -3.40. The highest BCUT2D eigenvalue weighted by atomic mass is 32.2. The zero-order valence-electron chi connectivity index (χ0n) is 20.8. The Kier molecular flexibility index (Phi) is 7.61. The minimum atomic E-state index is -3.40. The first-order valence-electron chi connectivity index (χ1n) is 12.4. The Balaban J connectivity index is 1.21. The Morgan fingerprint density at radius 3 is 2.37 bits per heavy atom. The first kappa shape index (κ1) is 25.8. The van der Waals surface area contributed by atoms with Crippen LogP contribution < -0.4 is 5.32 Å². The summed E-state index contributed by atoms with van der Waals surface area (Å²) in [5, 5.41) is 2.92. The van der Waals surface area contributed by atoms with Crippen molar-refractivity contribution in [2.45, 2.75) is 70.7 Å². The van der Waals surface area contributed by atoms with E-state index in [1.807, 2.05) is 51.1 Å². The number of amides is 2. The van der Waals surface area contributed by atoms with E-state index in [0.29, 0.717) is 38.9 Å². The maximum Gasteiger partial charge on any atom is 0.410 e. The number of nitrogens with one attached hydrogen (secondary N) is 1. The molecule has 194 valence electrons. The van der Waals surface area contributed by atoms with Gasteiger partial charge in [0.15, 0.2) is 0 Å². The molecule has 0 unspecified atom stereocenters. The fourth-order valence-corrected chi connectivity index (χ4v) is 7.54. The predicted molar refractivity (Wildman–Crippen MR) is 131 cm³/mol. The average Bonchev–Trinajstić information content (AvgIpc) is 3.38. The molecule has 35 heavy (non-hydrogen) atoms. The molecular formula is C25H37N3O6S. The molecule has 4 rings (SSSR count). The first-order valence-corrected chi connectivity index (χ1v) is 14.1. The summed E-state index contributed by atoms with van der Waals surface area (Å²) in [6.45, 7) is 7.14. The molecule has 0 spiro atoms. The third-order valence-electron chi connectivity index (χ3n) is 7.08. The van der Waals surface area contributed by atoms with Crippen LogP contribution in [-0.2, 0) is 26.1 Å². The van der Waals surface area contributed by atoms with E-state index in [1.165, 1.54) is 0 Å². The highest BCUT2D eigenvalue weighted by Crippen LogP contribution is 2.40. The van der Waals surface area contributed by atoms with Crippen LogP contribution in [0.5, 0.6) is 0 Å².